The van der Waals surface area contributed by atoms with Gasteiger partial charge < -0.3 is 34.2 Å². The number of carbonyl (C=O) groups is 3. The number of hydrogen-bond acceptors (Lipinski definition) is 14. The maximum Gasteiger partial charge on any atom is 0.472 e. The van der Waals surface area contributed by atoms with E-state index in [0.717, 1.165) is 173 Å². The van der Waals surface area contributed by atoms with E-state index in [1.54, 1.807) is 0 Å². The van der Waals surface area contributed by atoms with Crippen LogP contribution < -0.4 is 0 Å². The van der Waals surface area contributed by atoms with Crippen LogP contribution in [0.5, 0.6) is 0 Å². The minimum Gasteiger partial charge on any atom is -0.463 e. The Morgan fingerprint density at radius 1 is 0.272 bits per heavy atom. The third-order valence-corrected chi connectivity index (χ3v) is 17.2. The molecule has 16 nitrogen and oxygen atoms in total. The van der Waals surface area contributed by atoms with Gasteiger partial charge in [0.15, 0.2) is 6.10 Å². The van der Waals surface area contributed by atoms with Gasteiger partial charge in [0.2, 0.25) is 0 Å². The van der Waals surface area contributed by atoms with Gasteiger partial charge in [0.05, 0.1) is 26.4 Å². The van der Waals surface area contributed by atoms with Crippen LogP contribution >= 0.6 is 15.6 Å². The van der Waals surface area contributed by atoms with Crippen molar-refractivity contribution in [3.8, 4) is 0 Å². The summed E-state index contributed by atoms with van der Waals surface area (Å²) >= 11 is 0. The van der Waals surface area contributed by atoms with Crippen molar-refractivity contribution in [1.82, 2.24) is 0 Å². The molecule has 0 saturated carbocycles. The van der Waals surface area contributed by atoms with Crippen LogP contribution in [-0.4, -0.2) is 95.9 Å². The van der Waals surface area contributed by atoms with E-state index in [9.17, 15) is 43.5 Å². The third kappa shape index (κ3) is 77.3. The summed E-state index contributed by atoms with van der Waals surface area (Å²) in [5.74, 6) is -1.67. The van der Waals surface area contributed by atoms with E-state index in [1.807, 2.05) is 0 Å². The second-order valence-electron chi connectivity index (χ2n) is 25.0. The number of hydrogen-bond donors (Lipinski definition) is 4. The van der Waals surface area contributed by atoms with Crippen LogP contribution in [0.15, 0.2) is 194 Å². The fraction of sp³-hybridized carbons (Fsp3) is 0.588. The molecule has 0 spiro atoms. The van der Waals surface area contributed by atoms with E-state index in [4.69, 9.17) is 32.3 Å². The van der Waals surface area contributed by atoms with Gasteiger partial charge in [0.25, 0.3) is 0 Å². The predicted octanol–water partition coefficient (Wildman–Crippen LogP) is 22.8. The molecular formula is C85H136O16P2. The van der Waals surface area contributed by atoms with Gasteiger partial charge in [-0.15, -0.1) is 0 Å². The van der Waals surface area contributed by atoms with Crippen molar-refractivity contribution < 1.29 is 75.8 Å². The van der Waals surface area contributed by atoms with Crippen molar-refractivity contribution in [1.29, 1.82) is 0 Å². The number of ether oxygens (including phenoxy) is 3. The zero-order valence-corrected chi connectivity index (χ0v) is 65.2. The molecule has 0 aliphatic rings. The molecule has 0 aromatic rings. The summed E-state index contributed by atoms with van der Waals surface area (Å²) in [4.78, 5) is 58.6. The smallest absolute Gasteiger partial charge is 0.463 e. The Balaban J connectivity index is 4.67. The summed E-state index contributed by atoms with van der Waals surface area (Å²) in [5, 5.41) is 20.6. The predicted molar refractivity (Wildman–Crippen MR) is 426 cm³/mol. The average molecular weight is 1480 g/mol. The first-order valence-corrected chi connectivity index (χ1v) is 41.7. The molecule has 0 radical (unpaired) electrons. The SMILES string of the molecule is CC/C=C\C/C=C\C/C=C\C/C=C\C/C=C\C/C=C\CCCCCCCCCCCCC(=O)OCC(O)COP(=O)(O)OCC(O)COP(=O)(O)OCC(COC(=O)CCCCC/C=C\C/C=C\C/C=C\C/C=C\C/C=C\CC)OC(=O)CCCCC/C=C\C/C=C\C/C=C\C/C=C\C/C=C\CC. The lowest BCUT2D eigenvalue weighted by atomic mass is 10.1. The molecule has 5 unspecified atom stereocenters. The lowest BCUT2D eigenvalue weighted by Gasteiger charge is -2.21. The van der Waals surface area contributed by atoms with Gasteiger partial charge in [0.1, 0.15) is 25.4 Å². The number of carbonyl (C=O) groups excluding carboxylic acids is 3. The molecule has 103 heavy (non-hydrogen) atoms. The van der Waals surface area contributed by atoms with E-state index < -0.39 is 91.5 Å². The summed E-state index contributed by atoms with van der Waals surface area (Å²) in [6.07, 6.45) is 99.0. The largest absolute Gasteiger partial charge is 0.472 e. The Bertz CT molecular complexity index is 2650. The fourth-order valence-corrected chi connectivity index (χ4v) is 11.1. The zero-order valence-electron chi connectivity index (χ0n) is 63.4. The van der Waals surface area contributed by atoms with Crippen LogP contribution in [0.25, 0.3) is 0 Å². The Morgan fingerprint density at radius 3 is 0.777 bits per heavy atom. The van der Waals surface area contributed by atoms with Gasteiger partial charge in [-0.2, -0.15) is 0 Å². The molecule has 0 rings (SSSR count). The van der Waals surface area contributed by atoms with Crippen LogP contribution in [0.3, 0.4) is 0 Å². The molecule has 0 aromatic carbocycles. The highest BCUT2D eigenvalue weighted by Gasteiger charge is 2.29. The highest BCUT2D eigenvalue weighted by molar-refractivity contribution is 7.47. The molecule has 0 aromatic heterocycles. The van der Waals surface area contributed by atoms with Crippen LogP contribution in [0.1, 0.15) is 265 Å². The third-order valence-electron chi connectivity index (χ3n) is 15.3. The van der Waals surface area contributed by atoms with Crippen molar-refractivity contribution in [2.24, 2.45) is 0 Å². The number of phosphoric acid groups is 2. The molecule has 4 N–H and O–H groups in total. The molecule has 0 amide bonds. The molecule has 5 atom stereocenters. The van der Waals surface area contributed by atoms with Crippen molar-refractivity contribution in [3.05, 3.63) is 194 Å². The Hall–Kier alpha value is -5.61. The van der Waals surface area contributed by atoms with Crippen molar-refractivity contribution in [2.75, 3.05) is 39.6 Å². The van der Waals surface area contributed by atoms with Gasteiger partial charge in [-0.25, -0.2) is 9.13 Å². The molecule has 0 saturated heterocycles. The fourth-order valence-electron chi connectivity index (χ4n) is 9.51. The van der Waals surface area contributed by atoms with Crippen LogP contribution in [-0.2, 0) is 55.8 Å². The van der Waals surface area contributed by atoms with E-state index in [2.05, 4.69) is 215 Å². The summed E-state index contributed by atoms with van der Waals surface area (Å²) in [5.41, 5.74) is 0. The normalized spacial score (nSPS) is 15.1. The van der Waals surface area contributed by atoms with Crippen LogP contribution in [0.4, 0.5) is 0 Å². The maximum atomic E-state index is 13.0. The second-order valence-corrected chi connectivity index (χ2v) is 27.9. The highest BCUT2D eigenvalue weighted by Crippen LogP contribution is 2.45. The van der Waals surface area contributed by atoms with Crippen molar-refractivity contribution in [3.63, 3.8) is 0 Å². The summed E-state index contributed by atoms with van der Waals surface area (Å²) in [6, 6.07) is 0. The first kappa shape index (κ1) is 97.4. The molecule has 582 valence electrons. The molecule has 0 aliphatic carbocycles. The quantitative estimate of drug-likeness (QED) is 0.0146. The van der Waals surface area contributed by atoms with Crippen LogP contribution in [0.2, 0.25) is 0 Å². The van der Waals surface area contributed by atoms with Crippen molar-refractivity contribution >= 4 is 33.6 Å². The monoisotopic (exact) mass is 1470 g/mol. The second kappa shape index (κ2) is 76.1. The molecular weight excluding hydrogens is 1340 g/mol. The minimum atomic E-state index is -4.96. The van der Waals surface area contributed by atoms with Gasteiger partial charge in [-0.05, 0) is 161 Å². The van der Waals surface area contributed by atoms with E-state index >= 15 is 0 Å². The number of aliphatic hydroxyl groups excluding tert-OH is 2. The first-order valence-electron chi connectivity index (χ1n) is 38.7. The summed E-state index contributed by atoms with van der Waals surface area (Å²) < 4.78 is 61.1. The van der Waals surface area contributed by atoms with Gasteiger partial charge in [-0.3, -0.25) is 32.5 Å². The summed E-state index contributed by atoms with van der Waals surface area (Å²) in [6.45, 7) is 2.22. The number of unbranched alkanes of at least 4 members (excludes halogenated alkanes) is 16. The number of rotatable bonds is 71. The van der Waals surface area contributed by atoms with Crippen molar-refractivity contribution in [2.45, 2.75) is 283 Å². The zero-order chi connectivity index (χ0) is 75.2. The number of allylic oxidation sites excluding steroid dienone is 32. The molecule has 18 heteroatoms. The van der Waals surface area contributed by atoms with E-state index in [0.29, 0.717) is 19.3 Å². The summed E-state index contributed by atoms with van der Waals surface area (Å²) in [7, 11) is -9.83. The lowest BCUT2D eigenvalue weighted by Crippen LogP contribution is -2.30. The highest BCUT2D eigenvalue weighted by atomic mass is 31.2. The number of esters is 3. The molecule has 0 fully saturated rings. The Labute approximate surface area is 623 Å². The van der Waals surface area contributed by atoms with Gasteiger partial charge in [0, 0.05) is 19.3 Å². The number of phosphoric ester groups is 2. The molecule has 0 heterocycles. The first-order chi connectivity index (χ1) is 50.2. The topological polar surface area (TPSA) is 231 Å². The van der Waals surface area contributed by atoms with Gasteiger partial charge >= 0.3 is 33.6 Å². The number of aliphatic hydroxyl groups is 2. The van der Waals surface area contributed by atoms with E-state index in [1.165, 1.54) is 32.1 Å². The minimum absolute atomic E-state index is 0.0497. The maximum absolute atomic E-state index is 13.0. The Morgan fingerprint density at radius 2 is 0.485 bits per heavy atom. The average Bonchev–Trinajstić information content (AvgIpc) is 0.918. The van der Waals surface area contributed by atoms with E-state index in [-0.39, 0.29) is 19.3 Å². The lowest BCUT2D eigenvalue weighted by molar-refractivity contribution is -0.161. The van der Waals surface area contributed by atoms with Gasteiger partial charge in [-0.1, -0.05) is 279 Å². The molecule has 0 bridgehead atoms. The molecule has 0 aliphatic heterocycles. The Kier molecular flexibility index (Phi) is 71.9. The van der Waals surface area contributed by atoms with Crippen LogP contribution in [0, 0.1) is 0 Å². The standard InChI is InChI=1S/C85H136O16P2/c1-4-7-10-13-16-19-22-25-28-31-34-35-36-37-38-39-40-41-42-43-46-48-50-53-56-59-62-65-68-71-83(88)95-74-80(86)75-97-102(91,92)98-76-81(87)77-99-103(93,94)100-79-82(101-85(90)73-70-67-64-61-58-55-52-49-45-33-30-27-24-21-18-15-12-9-6-3)78-96-84(89)72-69-66-63-60-57-54-51-47-44-32-29-26-23-20-17-14-11-8-5-2/h7-12,16-21,25-30,34-35,37-38,40-41,44-45,47,49,54-55,57-58,80-82,86-87H,4-6,13-15,22-24,31-33,36,39,42-43,46,48,50-53,56,59-79H2,1-3H3,(H,91,92)(H,93,94)/b10-7-,11-8-,12-9-,19-16-,20-17-,21-18-,28-25-,29-26-,30-27-,35-34-,38-37-,41-40-,47-44-,49-45-,57-54-,58-55-.